The lowest BCUT2D eigenvalue weighted by molar-refractivity contribution is -0.117. The number of hydrogen-bond donors (Lipinski definition) is 1. The van der Waals surface area contributed by atoms with Crippen LogP contribution in [-0.2, 0) is 16.1 Å². The van der Waals surface area contributed by atoms with Crippen LogP contribution in [0.25, 0.3) is 22.4 Å². The number of imidazole rings is 1. The average Bonchev–Trinajstić information content (AvgIpc) is 3.68. The Bertz CT molecular complexity index is 1600. The molecule has 0 radical (unpaired) electrons. The van der Waals surface area contributed by atoms with Gasteiger partial charge in [0.05, 0.1) is 24.2 Å². The maximum atomic E-state index is 12.3. The fourth-order valence-corrected chi connectivity index (χ4v) is 6.90. The molecular formula is C36H42N4O4. The number of ether oxygens (including phenoxy) is 3. The number of hydrogen-bond acceptors (Lipinski definition) is 7. The molecule has 44 heavy (non-hydrogen) atoms. The van der Waals surface area contributed by atoms with Crippen LogP contribution in [0.3, 0.4) is 0 Å². The van der Waals surface area contributed by atoms with E-state index in [1.165, 1.54) is 37.8 Å². The summed E-state index contributed by atoms with van der Waals surface area (Å²) in [4.78, 5) is 19.9. The number of rotatable bonds is 10. The van der Waals surface area contributed by atoms with Crippen LogP contribution in [0.1, 0.15) is 62.6 Å². The van der Waals surface area contributed by atoms with Crippen molar-refractivity contribution >= 4 is 22.5 Å². The van der Waals surface area contributed by atoms with Crippen molar-refractivity contribution < 1.29 is 19.0 Å². The summed E-state index contributed by atoms with van der Waals surface area (Å²) in [6.45, 7) is 6.87. The lowest BCUT2D eigenvalue weighted by atomic mass is 9.89. The molecule has 3 heterocycles. The molecule has 0 spiro atoms. The maximum absolute atomic E-state index is 12.3. The van der Waals surface area contributed by atoms with Gasteiger partial charge in [0.25, 0.3) is 0 Å². The molecule has 4 aromatic rings. The predicted octanol–water partition coefficient (Wildman–Crippen LogP) is 6.51. The van der Waals surface area contributed by atoms with Crippen molar-refractivity contribution in [3.63, 3.8) is 0 Å². The van der Waals surface area contributed by atoms with Crippen molar-refractivity contribution in [1.29, 1.82) is 0 Å². The highest BCUT2D eigenvalue weighted by molar-refractivity contribution is 5.82. The molecule has 0 bridgehead atoms. The van der Waals surface area contributed by atoms with E-state index in [0.717, 1.165) is 77.9 Å². The van der Waals surface area contributed by atoms with Gasteiger partial charge < -0.3 is 29.0 Å². The number of aromatic nitrogens is 2. The molecule has 0 amide bonds. The first-order chi connectivity index (χ1) is 21.6. The normalized spacial score (nSPS) is 17.7. The highest BCUT2D eigenvalue weighted by Crippen LogP contribution is 2.35. The molecule has 3 aliphatic rings. The van der Waals surface area contributed by atoms with Gasteiger partial charge in [-0.1, -0.05) is 31.4 Å². The van der Waals surface area contributed by atoms with E-state index in [2.05, 4.69) is 69.4 Å². The molecule has 8 heteroatoms. The SMILES string of the molecule is CC(=O)CC(NCC1CCCCC1)c1ccc2c(c1)nc(-c1ccc(N3CCOCC3)cc1)n2Cc1ccc2c(c1)OCO2. The molecule has 2 aliphatic heterocycles. The van der Waals surface area contributed by atoms with E-state index in [9.17, 15) is 4.79 Å². The Morgan fingerprint density at radius 3 is 2.55 bits per heavy atom. The molecule has 1 aliphatic carbocycles. The highest BCUT2D eigenvalue weighted by atomic mass is 16.7. The zero-order valence-corrected chi connectivity index (χ0v) is 25.6. The van der Waals surface area contributed by atoms with Crippen LogP contribution in [0.5, 0.6) is 11.5 Å². The van der Waals surface area contributed by atoms with Crippen molar-refractivity contribution in [2.45, 2.75) is 58.0 Å². The van der Waals surface area contributed by atoms with Gasteiger partial charge in [0.1, 0.15) is 11.6 Å². The van der Waals surface area contributed by atoms with E-state index in [4.69, 9.17) is 19.2 Å². The van der Waals surface area contributed by atoms with E-state index < -0.39 is 0 Å². The van der Waals surface area contributed by atoms with Crippen molar-refractivity contribution in [1.82, 2.24) is 14.9 Å². The third-order valence-corrected chi connectivity index (χ3v) is 9.32. The minimum absolute atomic E-state index is 0.0194. The van der Waals surface area contributed by atoms with Crippen LogP contribution < -0.4 is 19.7 Å². The number of ketones is 1. The molecular weight excluding hydrogens is 552 g/mol. The fraction of sp³-hybridized carbons (Fsp3) is 0.444. The molecule has 1 saturated carbocycles. The molecule has 1 atom stereocenters. The number of Topliss-reactive ketones (excluding diaryl/α,β-unsaturated/α-hetero) is 1. The zero-order chi connectivity index (χ0) is 29.9. The predicted molar refractivity (Wildman–Crippen MR) is 172 cm³/mol. The first kappa shape index (κ1) is 28.9. The number of anilines is 1. The number of morpholine rings is 1. The van der Waals surface area contributed by atoms with Gasteiger partial charge in [-0.3, -0.25) is 4.79 Å². The molecule has 3 aromatic carbocycles. The molecule has 7 rings (SSSR count). The lowest BCUT2D eigenvalue weighted by Gasteiger charge is -2.28. The molecule has 1 unspecified atom stereocenters. The van der Waals surface area contributed by atoms with Crippen LogP contribution in [0.4, 0.5) is 5.69 Å². The second-order valence-electron chi connectivity index (χ2n) is 12.5. The first-order valence-corrected chi connectivity index (χ1v) is 16.2. The summed E-state index contributed by atoms with van der Waals surface area (Å²) in [5.74, 6) is 3.36. The Hall–Kier alpha value is -3.88. The summed E-state index contributed by atoms with van der Waals surface area (Å²) >= 11 is 0. The Kier molecular flexibility index (Phi) is 8.53. The third-order valence-electron chi connectivity index (χ3n) is 9.32. The van der Waals surface area contributed by atoms with Gasteiger partial charge in [-0.05, 0) is 91.9 Å². The standard InChI is InChI=1S/C36H42N4O4/c1-25(41)19-31(37-22-26-5-3-2-4-6-26)29-10-13-33-32(21-29)38-36(28-8-11-30(12-9-28)39-15-17-42-18-16-39)40(33)23-27-7-14-34-35(20-27)44-24-43-34/h7-14,20-21,26,31,37H,2-6,15-19,22-24H2,1H3. The van der Waals surface area contributed by atoms with Crippen molar-refractivity contribution in [2.24, 2.45) is 5.92 Å². The summed E-state index contributed by atoms with van der Waals surface area (Å²) in [5, 5.41) is 3.76. The Morgan fingerprint density at radius 1 is 0.955 bits per heavy atom. The number of fused-ring (bicyclic) bond motifs is 2. The second-order valence-corrected chi connectivity index (χ2v) is 12.5. The zero-order valence-electron chi connectivity index (χ0n) is 25.6. The highest BCUT2D eigenvalue weighted by Gasteiger charge is 2.22. The molecule has 1 N–H and O–H groups in total. The number of carbonyl (C=O) groups is 1. The molecule has 1 saturated heterocycles. The van der Waals surface area contributed by atoms with Gasteiger partial charge in [-0.2, -0.15) is 0 Å². The smallest absolute Gasteiger partial charge is 0.231 e. The largest absolute Gasteiger partial charge is 0.454 e. The van der Waals surface area contributed by atoms with Gasteiger partial charge in [-0.25, -0.2) is 4.98 Å². The minimum atomic E-state index is -0.0194. The monoisotopic (exact) mass is 594 g/mol. The number of carbonyl (C=O) groups excluding carboxylic acids is 1. The second kappa shape index (κ2) is 13.0. The Balaban J connectivity index is 1.23. The summed E-state index contributed by atoms with van der Waals surface area (Å²) in [5.41, 5.74) is 6.50. The number of nitrogens with zero attached hydrogens (tertiary/aromatic N) is 3. The topological polar surface area (TPSA) is 77.9 Å². The summed E-state index contributed by atoms with van der Waals surface area (Å²) in [7, 11) is 0. The van der Waals surface area contributed by atoms with Gasteiger partial charge in [0, 0.05) is 43.3 Å². The van der Waals surface area contributed by atoms with E-state index >= 15 is 0 Å². The van der Waals surface area contributed by atoms with Crippen LogP contribution in [0, 0.1) is 5.92 Å². The average molecular weight is 595 g/mol. The van der Waals surface area contributed by atoms with Crippen molar-refractivity contribution in [2.75, 3.05) is 44.5 Å². The first-order valence-electron chi connectivity index (χ1n) is 16.2. The Morgan fingerprint density at radius 2 is 1.75 bits per heavy atom. The molecule has 1 aromatic heterocycles. The van der Waals surface area contributed by atoms with Crippen molar-refractivity contribution in [3.05, 3.63) is 71.8 Å². The molecule has 230 valence electrons. The van der Waals surface area contributed by atoms with Crippen molar-refractivity contribution in [3.8, 4) is 22.9 Å². The summed E-state index contributed by atoms with van der Waals surface area (Å²) < 4.78 is 19.1. The number of nitrogens with one attached hydrogen (secondary N) is 1. The van der Waals surface area contributed by atoms with Crippen LogP contribution in [0.15, 0.2) is 60.7 Å². The molecule has 8 nitrogen and oxygen atoms in total. The maximum Gasteiger partial charge on any atom is 0.231 e. The summed E-state index contributed by atoms with van der Waals surface area (Å²) in [6.07, 6.45) is 7.00. The number of benzene rings is 3. The van der Waals surface area contributed by atoms with Gasteiger partial charge >= 0.3 is 0 Å². The van der Waals surface area contributed by atoms with E-state index in [0.29, 0.717) is 18.9 Å². The van der Waals surface area contributed by atoms with E-state index in [1.807, 2.05) is 6.07 Å². The lowest BCUT2D eigenvalue weighted by Crippen LogP contribution is -2.36. The van der Waals surface area contributed by atoms with Crippen LogP contribution in [-0.4, -0.2) is 55.0 Å². The van der Waals surface area contributed by atoms with E-state index in [-0.39, 0.29) is 18.6 Å². The third kappa shape index (κ3) is 6.33. The van der Waals surface area contributed by atoms with Gasteiger partial charge in [0.15, 0.2) is 11.5 Å². The van der Waals surface area contributed by atoms with Crippen LogP contribution >= 0.6 is 0 Å². The minimum Gasteiger partial charge on any atom is -0.454 e. The van der Waals surface area contributed by atoms with Crippen LogP contribution in [0.2, 0.25) is 0 Å². The van der Waals surface area contributed by atoms with Gasteiger partial charge in [-0.15, -0.1) is 0 Å². The van der Waals surface area contributed by atoms with E-state index in [1.54, 1.807) is 6.92 Å². The van der Waals surface area contributed by atoms with Gasteiger partial charge in [0.2, 0.25) is 6.79 Å². The molecule has 2 fully saturated rings. The Labute approximate surface area is 259 Å². The fourth-order valence-electron chi connectivity index (χ4n) is 6.90. The summed E-state index contributed by atoms with van der Waals surface area (Å²) in [6, 6.07) is 21.4. The quantitative estimate of drug-likeness (QED) is 0.224.